The second-order valence-electron chi connectivity index (χ2n) is 22.9. The van der Waals surface area contributed by atoms with Crippen molar-refractivity contribution in [3.63, 3.8) is 0 Å². The molecule has 2 aromatic carbocycles. The van der Waals surface area contributed by atoms with Gasteiger partial charge in [0.15, 0.2) is 28.6 Å². The fraction of sp³-hybridized carbons (Fsp3) is 0.532. The lowest BCUT2D eigenvalue weighted by atomic mass is 9.44. The van der Waals surface area contributed by atoms with Crippen LogP contribution in [0, 0.1) is 28.1 Å². The summed E-state index contributed by atoms with van der Waals surface area (Å²) >= 11 is 5.94. The normalized spacial score (nSPS) is 32.1. The molecular weight excluding hydrogens is 976 g/mol. The maximum atomic E-state index is 17.1. The van der Waals surface area contributed by atoms with Crippen molar-refractivity contribution in [2.24, 2.45) is 28.1 Å². The largest absolute Gasteiger partial charge is 0.492 e. The average molecular weight is 1060 g/mol. The Kier molecular flexibility index (Phi) is 19.2. The third-order valence-corrected chi connectivity index (χ3v) is 16.9. The van der Waals surface area contributed by atoms with Crippen LogP contribution in [0.4, 0.5) is 8.78 Å². The van der Waals surface area contributed by atoms with Crippen molar-refractivity contribution in [3.05, 3.63) is 149 Å². The molecule has 1 unspecified atom stereocenters. The zero-order valence-corrected chi connectivity index (χ0v) is 46.3. The van der Waals surface area contributed by atoms with Crippen LogP contribution in [0.25, 0.3) is 0 Å². The molecule has 13 heteroatoms. The lowest BCUT2D eigenvalue weighted by Crippen LogP contribution is -2.71. The number of carboxylic acids is 1. The van der Waals surface area contributed by atoms with E-state index >= 15 is 8.78 Å². The number of aliphatic carboxylic acids is 1. The van der Waals surface area contributed by atoms with Gasteiger partial charge in [-0.15, -0.1) is 11.6 Å². The maximum absolute atomic E-state index is 17.1. The predicted molar refractivity (Wildman–Crippen MR) is 292 cm³/mol. The molecule has 2 aromatic rings. The number of aliphatic hydroxyl groups is 2. The highest BCUT2D eigenvalue weighted by atomic mass is 35.5. The van der Waals surface area contributed by atoms with Crippen LogP contribution >= 0.6 is 11.6 Å². The molecule has 5 aliphatic carbocycles. The van der Waals surface area contributed by atoms with Gasteiger partial charge >= 0.3 is 5.97 Å². The quantitative estimate of drug-likeness (QED) is 0.0896. The zero-order chi connectivity index (χ0) is 55.1. The molecule has 3 saturated carbocycles. The molecule has 0 amide bonds. The van der Waals surface area contributed by atoms with E-state index in [1.54, 1.807) is 33.8 Å². The SMILES string of the molecule is CC(COc1ccccc1)N(CCCl)Cc1ccccc1.CC1(C)O[C@@H]2C[C@H]3[C@@H]4C[C@H](F)C5=CC(=O)C=C[C@]5(C)[C@@]4(F)[C@@H](O)C[C@]3(C)[C@]2(C(=O)CO)O1.CC1=C(/C=C/C(C)=C/C=C/C(C)=C\C(=O)O)C(C)(C)CCC1. The summed E-state index contributed by atoms with van der Waals surface area (Å²) in [7, 11) is 0. The van der Waals surface area contributed by atoms with Crippen LogP contribution in [-0.4, -0.2) is 105 Å². The summed E-state index contributed by atoms with van der Waals surface area (Å²) in [6.45, 7) is 21.2. The van der Waals surface area contributed by atoms with E-state index < -0.39 is 82.2 Å². The van der Waals surface area contributed by atoms with Crippen molar-refractivity contribution >= 4 is 29.1 Å². The average Bonchev–Trinajstić information content (AvgIpc) is 3.76. The van der Waals surface area contributed by atoms with Gasteiger partial charge in [0, 0.05) is 47.8 Å². The lowest BCUT2D eigenvalue weighted by Gasteiger charge is -2.63. The Morgan fingerprint density at radius 1 is 0.973 bits per heavy atom. The third kappa shape index (κ3) is 12.6. The molecule has 10 atom stereocenters. The van der Waals surface area contributed by atoms with E-state index in [0.29, 0.717) is 18.5 Å². The number of allylic oxidation sites excluding steroid dienone is 13. The molecule has 0 bridgehead atoms. The number of ether oxygens (including phenoxy) is 3. The Morgan fingerprint density at radius 2 is 1.64 bits per heavy atom. The van der Waals surface area contributed by atoms with Gasteiger partial charge < -0.3 is 29.5 Å². The number of alkyl halides is 3. The molecule has 8 rings (SSSR count). The highest BCUT2D eigenvalue weighted by Gasteiger charge is 2.80. The van der Waals surface area contributed by atoms with Crippen LogP contribution < -0.4 is 4.74 Å². The standard InChI is InChI=1S/C24H30F2O6.C20H28O2.C18H22ClNO/c1-20(2)31-19-9-13-14-8-16(25)15-7-12(28)5-6-21(15,3)23(14,26)17(29)10-22(13,4)24(19,32-20)18(30)11-27;1-15(8-6-9-16(2)14-19(21)22)11-12-18-17(3)10-7-13-20(18,4)5;1-16(15-21-18-10-6-3-7-11-18)20(13-12-19)14-17-8-4-2-5-9-17/h5-7,13-14,16-17,19,27,29H,8-11H2,1-4H3;6,8-9,11-12,14H,7,10,13H2,1-5H3,(H,21,22);2-11,16H,12-15H2,1H3/b;9-6+,12-11+,15-8+,16-14-;/t13-,14-,16-,17-,19+,21-,22-,23-,24+;;/m0../s1. The number of para-hydroxylation sites is 1. The zero-order valence-electron chi connectivity index (χ0n) is 45.6. The molecule has 10 nitrogen and oxygen atoms in total. The smallest absolute Gasteiger partial charge is 0.328 e. The van der Waals surface area contributed by atoms with E-state index in [4.69, 9.17) is 30.9 Å². The Balaban J connectivity index is 0.000000190. The van der Waals surface area contributed by atoms with Crippen LogP contribution in [0.1, 0.15) is 113 Å². The number of aliphatic hydroxyl groups excluding tert-OH is 2. The summed E-state index contributed by atoms with van der Waals surface area (Å²) in [5.74, 6) is -2.90. The third-order valence-electron chi connectivity index (χ3n) is 16.8. The van der Waals surface area contributed by atoms with Gasteiger partial charge in [0.1, 0.15) is 25.1 Å². The Morgan fingerprint density at radius 3 is 2.27 bits per heavy atom. The van der Waals surface area contributed by atoms with Gasteiger partial charge in [0.25, 0.3) is 0 Å². The van der Waals surface area contributed by atoms with Crippen molar-refractivity contribution < 1.29 is 52.7 Å². The number of rotatable bonds is 15. The number of Topliss-reactive ketones (excluding diaryl/α,β-unsaturated/α-hetero) is 1. The van der Waals surface area contributed by atoms with Crippen LogP contribution in [0.2, 0.25) is 0 Å². The molecule has 408 valence electrons. The molecule has 6 aliphatic rings. The Hall–Kier alpha value is -4.82. The van der Waals surface area contributed by atoms with Gasteiger partial charge in [-0.1, -0.05) is 117 Å². The molecule has 0 radical (unpaired) electrons. The van der Waals surface area contributed by atoms with E-state index in [1.807, 2.05) is 48.6 Å². The highest BCUT2D eigenvalue weighted by molar-refractivity contribution is 6.18. The van der Waals surface area contributed by atoms with Crippen LogP contribution in [-0.2, 0) is 30.4 Å². The first-order chi connectivity index (χ1) is 35.3. The molecule has 1 heterocycles. The van der Waals surface area contributed by atoms with E-state index in [1.165, 1.54) is 61.1 Å². The minimum absolute atomic E-state index is 0.0550. The summed E-state index contributed by atoms with van der Waals surface area (Å²) in [5, 5.41) is 29.8. The number of halogens is 3. The van der Waals surface area contributed by atoms with Crippen LogP contribution in [0.3, 0.4) is 0 Å². The number of nitrogens with zero attached hydrogens (tertiary/aromatic N) is 1. The first-order valence-electron chi connectivity index (χ1n) is 26.4. The predicted octanol–water partition coefficient (Wildman–Crippen LogP) is 12.2. The number of hydrogen-bond acceptors (Lipinski definition) is 9. The number of carbonyl (C=O) groups excluding carboxylic acids is 2. The van der Waals surface area contributed by atoms with Gasteiger partial charge in [-0.05, 0) is 145 Å². The fourth-order valence-corrected chi connectivity index (χ4v) is 13.2. The lowest BCUT2D eigenvalue weighted by molar-refractivity contribution is -0.248. The number of benzene rings is 2. The van der Waals surface area contributed by atoms with E-state index in [0.717, 1.165) is 36.1 Å². The Labute approximate surface area is 448 Å². The van der Waals surface area contributed by atoms with Crippen LogP contribution in [0.15, 0.2) is 143 Å². The molecule has 0 spiro atoms. The van der Waals surface area contributed by atoms with Crippen molar-refractivity contribution in [3.8, 4) is 5.75 Å². The van der Waals surface area contributed by atoms with Gasteiger partial charge in [0.2, 0.25) is 0 Å². The van der Waals surface area contributed by atoms with E-state index in [9.17, 15) is 24.6 Å². The molecule has 4 fully saturated rings. The summed E-state index contributed by atoms with van der Waals surface area (Å²) < 4.78 is 50.7. The van der Waals surface area contributed by atoms with Crippen LogP contribution in [0.5, 0.6) is 5.75 Å². The van der Waals surface area contributed by atoms with Crippen molar-refractivity contribution in [1.82, 2.24) is 4.90 Å². The summed E-state index contributed by atoms with van der Waals surface area (Å²) in [6.07, 6.45) is 14.9. The molecular formula is C62H80ClF2NO9. The van der Waals surface area contributed by atoms with Gasteiger partial charge in [0.05, 0.1) is 12.2 Å². The summed E-state index contributed by atoms with van der Waals surface area (Å²) in [6, 6.07) is 20.7. The molecule has 0 aromatic heterocycles. The Bertz CT molecular complexity index is 2590. The monoisotopic (exact) mass is 1060 g/mol. The molecule has 1 saturated heterocycles. The maximum Gasteiger partial charge on any atom is 0.328 e. The summed E-state index contributed by atoms with van der Waals surface area (Å²) in [4.78, 5) is 37.9. The first-order valence-corrected chi connectivity index (χ1v) is 27.0. The van der Waals surface area contributed by atoms with Crippen molar-refractivity contribution in [1.29, 1.82) is 0 Å². The van der Waals surface area contributed by atoms with E-state index in [-0.39, 0.29) is 30.3 Å². The first kappa shape index (κ1) is 59.4. The minimum atomic E-state index is -2.24. The summed E-state index contributed by atoms with van der Waals surface area (Å²) in [5.41, 5.74) is 0.0960. The number of carboxylic acid groups (broad SMARTS) is 1. The van der Waals surface area contributed by atoms with Gasteiger partial charge in [-0.3, -0.25) is 14.5 Å². The van der Waals surface area contributed by atoms with E-state index in [2.05, 4.69) is 75.9 Å². The van der Waals surface area contributed by atoms with Gasteiger partial charge in [-0.2, -0.15) is 0 Å². The molecule has 75 heavy (non-hydrogen) atoms. The number of ketones is 2. The minimum Gasteiger partial charge on any atom is -0.492 e. The van der Waals surface area contributed by atoms with Crippen molar-refractivity contribution in [2.75, 3.05) is 25.6 Å². The number of hydrogen-bond donors (Lipinski definition) is 3. The second kappa shape index (κ2) is 24.2. The van der Waals surface area contributed by atoms with Crippen molar-refractivity contribution in [2.45, 2.75) is 156 Å². The molecule has 1 aliphatic heterocycles. The fourth-order valence-electron chi connectivity index (χ4n) is 13.0. The number of fused-ring (bicyclic) bond motifs is 7. The topological polar surface area (TPSA) is 143 Å². The second-order valence-corrected chi connectivity index (χ2v) is 23.3. The molecule has 3 N–H and O–H groups in total. The van der Waals surface area contributed by atoms with Gasteiger partial charge in [-0.25, -0.2) is 13.6 Å². The highest BCUT2D eigenvalue weighted by Crippen LogP contribution is 2.72. The number of carbonyl (C=O) groups is 3.